The van der Waals surface area contributed by atoms with Crippen LogP contribution in [0.15, 0.2) is 48.2 Å². The lowest BCUT2D eigenvalue weighted by Crippen LogP contribution is -2.15. The average Bonchev–Trinajstić information content (AvgIpc) is 2.57. The number of nitriles is 1. The number of carbonyl (C=O) groups is 1. The molecule has 4 nitrogen and oxygen atoms in total. The van der Waals surface area contributed by atoms with E-state index in [4.69, 9.17) is 11.6 Å². The van der Waals surface area contributed by atoms with E-state index in [1.54, 1.807) is 12.1 Å². The van der Waals surface area contributed by atoms with E-state index in [2.05, 4.69) is 33.2 Å². The van der Waals surface area contributed by atoms with Gasteiger partial charge in [-0.1, -0.05) is 11.6 Å². The highest BCUT2D eigenvalue weighted by molar-refractivity contribution is 14.1. The van der Waals surface area contributed by atoms with Crippen molar-refractivity contribution in [3.63, 3.8) is 0 Å². The highest BCUT2D eigenvalue weighted by Crippen LogP contribution is 2.36. The molecule has 1 amide bonds. The molecule has 0 fully saturated rings. The number of benzene rings is 2. The van der Waals surface area contributed by atoms with Crippen molar-refractivity contribution in [2.24, 2.45) is 0 Å². The summed E-state index contributed by atoms with van der Waals surface area (Å²) < 4.78 is 39.7. The van der Waals surface area contributed by atoms with E-state index < -0.39 is 22.7 Å². The predicted octanol–water partition coefficient (Wildman–Crippen LogP) is 5.73. The van der Waals surface area contributed by atoms with Gasteiger partial charge in [-0.05, 0) is 71.5 Å². The van der Waals surface area contributed by atoms with Gasteiger partial charge in [-0.15, -0.1) is 0 Å². The van der Waals surface area contributed by atoms with Gasteiger partial charge >= 0.3 is 6.18 Å². The van der Waals surface area contributed by atoms with E-state index in [-0.39, 0.29) is 11.3 Å². The highest BCUT2D eigenvalue weighted by Gasteiger charge is 2.33. The lowest BCUT2D eigenvalue weighted by Gasteiger charge is -2.12. The van der Waals surface area contributed by atoms with Crippen LogP contribution >= 0.6 is 34.2 Å². The van der Waals surface area contributed by atoms with E-state index >= 15 is 0 Å². The first-order chi connectivity index (χ1) is 12.6. The summed E-state index contributed by atoms with van der Waals surface area (Å²) in [5, 5.41) is 13.8. The van der Waals surface area contributed by atoms with E-state index in [0.717, 1.165) is 15.2 Å². The van der Waals surface area contributed by atoms with Crippen LogP contribution < -0.4 is 10.6 Å². The highest BCUT2D eigenvalue weighted by atomic mass is 127. The van der Waals surface area contributed by atoms with Gasteiger partial charge < -0.3 is 10.6 Å². The molecule has 0 heterocycles. The molecule has 9 heteroatoms. The molecular formula is C18H12ClF3IN3O. The first kappa shape index (κ1) is 21.1. The van der Waals surface area contributed by atoms with Crippen molar-refractivity contribution in [3.8, 4) is 6.07 Å². The molecular weight excluding hydrogens is 494 g/mol. The molecule has 0 aliphatic carbocycles. The van der Waals surface area contributed by atoms with Crippen LogP contribution in [0.4, 0.5) is 24.5 Å². The average molecular weight is 506 g/mol. The van der Waals surface area contributed by atoms with Gasteiger partial charge in [0.2, 0.25) is 0 Å². The van der Waals surface area contributed by atoms with E-state index in [9.17, 15) is 23.2 Å². The third-order valence-corrected chi connectivity index (χ3v) is 4.46. The Bertz CT molecular complexity index is 952. The molecule has 2 N–H and O–H groups in total. The van der Waals surface area contributed by atoms with Crippen molar-refractivity contribution >= 4 is 51.5 Å². The fourth-order valence-corrected chi connectivity index (χ4v) is 2.98. The number of halogens is 5. The fourth-order valence-electron chi connectivity index (χ4n) is 2.11. The lowest BCUT2D eigenvalue weighted by molar-refractivity contribution is -0.137. The number of alkyl halides is 3. The summed E-state index contributed by atoms with van der Waals surface area (Å²) in [6.45, 7) is 1.86. The second-order valence-corrected chi connectivity index (χ2v) is 7.07. The normalized spacial score (nSPS) is 11.7. The number of aryl methyl sites for hydroxylation is 1. The quantitative estimate of drug-likeness (QED) is 0.317. The minimum Gasteiger partial charge on any atom is -0.360 e. The fraction of sp³-hybridized carbons (Fsp3) is 0.111. The first-order valence-corrected chi connectivity index (χ1v) is 8.88. The van der Waals surface area contributed by atoms with Gasteiger partial charge in [-0.2, -0.15) is 18.4 Å². The molecule has 0 bridgehead atoms. The zero-order valence-corrected chi connectivity index (χ0v) is 16.7. The van der Waals surface area contributed by atoms with Crippen molar-refractivity contribution < 1.29 is 18.0 Å². The van der Waals surface area contributed by atoms with Crippen molar-refractivity contribution in [3.05, 3.63) is 67.9 Å². The smallest absolute Gasteiger partial charge is 0.360 e. The van der Waals surface area contributed by atoms with Crippen molar-refractivity contribution in [2.75, 3.05) is 10.6 Å². The van der Waals surface area contributed by atoms with Gasteiger partial charge in [0.05, 0.1) is 10.6 Å². The monoisotopic (exact) mass is 505 g/mol. The molecule has 140 valence electrons. The summed E-state index contributed by atoms with van der Waals surface area (Å²) in [7, 11) is 0. The number of hydrogen-bond acceptors (Lipinski definition) is 3. The Hall–Kier alpha value is -2.25. The summed E-state index contributed by atoms with van der Waals surface area (Å²) >= 11 is 7.70. The summed E-state index contributed by atoms with van der Waals surface area (Å²) in [6.07, 6.45) is -3.46. The van der Waals surface area contributed by atoms with Crippen LogP contribution in [0.1, 0.15) is 11.1 Å². The molecule has 0 aliphatic heterocycles. The molecule has 2 rings (SSSR count). The second-order valence-electron chi connectivity index (χ2n) is 5.42. The van der Waals surface area contributed by atoms with Gasteiger partial charge in [-0.3, -0.25) is 4.79 Å². The van der Waals surface area contributed by atoms with Gasteiger partial charge in [0, 0.05) is 21.1 Å². The number of nitrogens with one attached hydrogen (secondary N) is 2. The Kier molecular flexibility index (Phi) is 6.73. The van der Waals surface area contributed by atoms with E-state index in [0.29, 0.717) is 11.8 Å². The van der Waals surface area contributed by atoms with Crippen LogP contribution in [0.2, 0.25) is 5.02 Å². The molecule has 0 saturated carbocycles. The van der Waals surface area contributed by atoms with Crippen LogP contribution in [0, 0.1) is 21.8 Å². The summed E-state index contributed by atoms with van der Waals surface area (Å²) in [5.41, 5.74) is 0.113. The van der Waals surface area contributed by atoms with Crippen LogP contribution in [0.3, 0.4) is 0 Å². The Morgan fingerprint density at radius 1 is 1.26 bits per heavy atom. The van der Waals surface area contributed by atoms with Crippen LogP contribution in [-0.2, 0) is 11.0 Å². The van der Waals surface area contributed by atoms with Gasteiger partial charge in [0.25, 0.3) is 5.91 Å². The summed E-state index contributed by atoms with van der Waals surface area (Å²) in [5.74, 6) is -0.844. The number of rotatable bonds is 4. The summed E-state index contributed by atoms with van der Waals surface area (Å²) in [4.78, 5) is 12.2. The molecule has 0 saturated heterocycles. The van der Waals surface area contributed by atoms with Crippen LogP contribution in [0.5, 0.6) is 0 Å². The molecule has 0 aromatic heterocycles. The maximum absolute atomic E-state index is 12.9. The maximum atomic E-state index is 12.9. The number of anilines is 2. The SMILES string of the molecule is Cc1cc(I)ccc1N/C=C(/C#N)C(=O)Nc1ccc(Cl)c(C(F)(F)F)c1. The minimum absolute atomic E-state index is 0.122. The topological polar surface area (TPSA) is 64.9 Å². The molecule has 0 radical (unpaired) electrons. The number of amides is 1. The molecule has 0 unspecified atom stereocenters. The largest absolute Gasteiger partial charge is 0.417 e. The number of carbonyl (C=O) groups excluding carboxylic acids is 1. The molecule has 0 atom stereocenters. The van der Waals surface area contributed by atoms with Gasteiger partial charge in [-0.25, -0.2) is 0 Å². The number of hydrogen-bond donors (Lipinski definition) is 2. The summed E-state index contributed by atoms with van der Waals surface area (Å²) in [6, 6.07) is 10.2. The number of nitrogens with zero attached hydrogens (tertiary/aromatic N) is 1. The van der Waals surface area contributed by atoms with Gasteiger partial charge in [0.1, 0.15) is 11.6 Å². The van der Waals surface area contributed by atoms with Crippen LogP contribution in [0.25, 0.3) is 0 Å². The molecule has 0 spiro atoms. The predicted molar refractivity (Wildman–Crippen MR) is 106 cm³/mol. The van der Waals surface area contributed by atoms with Crippen molar-refractivity contribution in [1.29, 1.82) is 5.26 Å². The maximum Gasteiger partial charge on any atom is 0.417 e. The Morgan fingerprint density at radius 3 is 2.56 bits per heavy atom. The first-order valence-electron chi connectivity index (χ1n) is 7.43. The second kappa shape index (κ2) is 8.63. The zero-order valence-electron chi connectivity index (χ0n) is 13.8. The molecule has 2 aromatic carbocycles. The Morgan fingerprint density at radius 2 is 1.96 bits per heavy atom. The van der Waals surface area contributed by atoms with Crippen LogP contribution in [-0.4, -0.2) is 5.91 Å². The molecule has 2 aromatic rings. The van der Waals surface area contributed by atoms with Crippen molar-refractivity contribution in [2.45, 2.75) is 13.1 Å². The third-order valence-electron chi connectivity index (χ3n) is 3.46. The van der Waals surface area contributed by atoms with Crippen molar-refractivity contribution in [1.82, 2.24) is 0 Å². The van der Waals surface area contributed by atoms with E-state index in [1.807, 2.05) is 19.1 Å². The zero-order chi connectivity index (χ0) is 20.2. The molecule has 0 aliphatic rings. The third kappa shape index (κ3) is 5.61. The van der Waals surface area contributed by atoms with E-state index in [1.165, 1.54) is 12.3 Å². The standard InChI is InChI=1S/C18H12ClF3IN3O/c1-10-6-12(23)2-5-16(10)25-9-11(8-24)17(27)26-13-3-4-15(19)14(7-13)18(20,21)22/h2-7,9,25H,1H3,(H,26,27)/b11-9-. The molecule has 27 heavy (non-hydrogen) atoms. The minimum atomic E-state index is -4.66. The Labute approximate surface area is 172 Å². The van der Waals surface area contributed by atoms with Gasteiger partial charge in [0.15, 0.2) is 0 Å². The Balaban J connectivity index is 2.19. The lowest BCUT2D eigenvalue weighted by atomic mass is 10.1.